The normalized spacial score (nSPS) is 10.1. The van der Waals surface area contributed by atoms with Gasteiger partial charge < -0.3 is 4.74 Å². The molecule has 9 heteroatoms. The van der Waals surface area contributed by atoms with Crippen molar-refractivity contribution in [3.8, 4) is 5.75 Å². The number of anilines is 1. The van der Waals surface area contributed by atoms with Crippen molar-refractivity contribution in [3.63, 3.8) is 0 Å². The largest absolute Gasteiger partial charge is 0.417 e. The molecule has 0 unspecified atom stereocenters. The number of nitrogens with zero attached hydrogens (tertiary/aromatic N) is 1. The van der Waals surface area contributed by atoms with Crippen molar-refractivity contribution in [1.29, 1.82) is 0 Å². The predicted octanol–water partition coefficient (Wildman–Crippen LogP) is 4.14. The molecule has 0 bridgehead atoms. The average molecular weight is 329 g/mol. The summed E-state index contributed by atoms with van der Waals surface area (Å²) in [5, 5.41) is 12.7. The lowest BCUT2D eigenvalue weighted by molar-refractivity contribution is -0.384. The first-order valence-corrected chi connectivity index (χ1v) is 6.12. The van der Waals surface area contributed by atoms with Crippen LogP contribution in [-0.4, -0.2) is 11.0 Å². The Kier molecular flexibility index (Phi) is 4.52. The number of rotatable bonds is 3. The number of carbonyl (C=O) groups is 1. The third-order valence-electron chi connectivity index (χ3n) is 2.49. The summed E-state index contributed by atoms with van der Waals surface area (Å²) in [5.41, 5.74) is -0.892. The van der Waals surface area contributed by atoms with Crippen molar-refractivity contribution in [3.05, 3.63) is 63.2 Å². The number of nitrogens with one attached hydrogen (secondary N) is 1. The van der Waals surface area contributed by atoms with Crippen LogP contribution in [0.15, 0.2) is 36.4 Å². The second-order valence-electron chi connectivity index (χ2n) is 4.01. The molecule has 6 nitrogen and oxygen atoms in total. The van der Waals surface area contributed by atoms with Crippen molar-refractivity contribution in [2.45, 2.75) is 0 Å². The van der Waals surface area contributed by atoms with Crippen LogP contribution in [0.2, 0.25) is 5.02 Å². The van der Waals surface area contributed by atoms with E-state index in [-0.39, 0.29) is 16.5 Å². The van der Waals surface area contributed by atoms with Gasteiger partial charge in [-0.1, -0.05) is 11.6 Å². The second kappa shape index (κ2) is 6.35. The van der Waals surface area contributed by atoms with Crippen LogP contribution in [0.1, 0.15) is 0 Å². The molecule has 0 aliphatic heterocycles. The second-order valence-corrected chi connectivity index (χ2v) is 4.42. The monoisotopic (exact) mass is 328 g/mol. The topological polar surface area (TPSA) is 81.5 Å². The molecule has 0 aromatic heterocycles. The lowest BCUT2D eigenvalue weighted by Gasteiger charge is -2.08. The summed E-state index contributed by atoms with van der Waals surface area (Å²) in [6.45, 7) is 0. The van der Waals surface area contributed by atoms with Crippen LogP contribution in [0, 0.1) is 21.7 Å². The van der Waals surface area contributed by atoms with E-state index >= 15 is 0 Å². The van der Waals surface area contributed by atoms with Crippen molar-refractivity contribution in [2.75, 3.05) is 5.32 Å². The Morgan fingerprint density at radius 1 is 1.18 bits per heavy atom. The number of benzene rings is 2. The Balaban J connectivity index is 2.17. The van der Waals surface area contributed by atoms with E-state index in [1.165, 1.54) is 0 Å². The van der Waals surface area contributed by atoms with E-state index in [0.29, 0.717) is 6.07 Å². The predicted molar refractivity (Wildman–Crippen MR) is 74.1 cm³/mol. The van der Waals surface area contributed by atoms with Gasteiger partial charge in [0.25, 0.3) is 5.69 Å². The fourth-order valence-electron chi connectivity index (χ4n) is 1.55. The summed E-state index contributed by atoms with van der Waals surface area (Å²) in [5.74, 6) is -1.58. The SMILES string of the molecule is O=C(Nc1ccc(F)cc1[N+](=O)[O-])Oc1ccc(F)cc1Cl. The van der Waals surface area contributed by atoms with Crippen LogP contribution in [0.4, 0.5) is 25.0 Å². The summed E-state index contributed by atoms with van der Waals surface area (Å²) >= 11 is 5.68. The fourth-order valence-corrected chi connectivity index (χ4v) is 1.76. The summed E-state index contributed by atoms with van der Waals surface area (Å²) in [6.07, 6.45) is -1.09. The molecule has 0 heterocycles. The number of hydrogen-bond donors (Lipinski definition) is 1. The van der Waals surface area contributed by atoms with Crippen molar-refractivity contribution < 1.29 is 23.2 Å². The molecule has 22 heavy (non-hydrogen) atoms. The molecule has 1 N–H and O–H groups in total. The van der Waals surface area contributed by atoms with Gasteiger partial charge in [-0.05, 0) is 30.3 Å². The Hall–Kier alpha value is -2.74. The molecular weight excluding hydrogens is 322 g/mol. The van der Waals surface area contributed by atoms with Gasteiger partial charge in [0.1, 0.15) is 17.3 Å². The van der Waals surface area contributed by atoms with E-state index in [2.05, 4.69) is 5.32 Å². The maximum Gasteiger partial charge on any atom is 0.417 e. The van der Waals surface area contributed by atoms with Crippen LogP contribution < -0.4 is 10.1 Å². The lowest BCUT2D eigenvalue weighted by Crippen LogP contribution is -2.17. The quantitative estimate of drug-likeness (QED) is 0.678. The zero-order chi connectivity index (χ0) is 16.3. The Bertz CT molecular complexity index is 755. The number of carbonyl (C=O) groups excluding carboxylic acids is 1. The summed E-state index contributed by atoms with van der Waals surface area (Å²) in [4.78, 5) is 21.6. The number of nitro groups is 1. The minimum atomic E-state index is -1.09. The number of ether oxygens (including phenoxy) is 1. The maximum absolute atomic E-state index is 13.0. The molecule has 0 fully saturated rings. The van der Waals surface area contributed by atoms with E-state index in [4.69, 9.17) is 16.3 Å². The van der Waals surface area contributed by atoms with Crippen LogP contribution in [0.3, 0.4) is 0 Å². The van der Waals surface area contributed by atoms with E-state index < -0.39 is 28.3 Å². The molecule has 0 aliphatic carbocycles. The molecular formula is C13H7ClF2N2O4. The van der Waals surface area contributed by atoms with Gasteiger partial charge in [-0.3, -0.25) is 15.4 Å². The van der Waals surface area contributed by atoms with E-state index in [1.807, 2.05) is 0 Å². The van der Waals surface area contributed by atoms with Crippen LogP contribution in [0.25, 0.3) is 0 Å². The average Bonchev–Trinajstić information content (AvgIpc) is 2.43. The number of hydrogen-bond acceptors (Lipinski definition) is 4. The van der Waals surface area contributed by atoms with Crippen LogP contribution in [-0.2, 0) is 0 Å². The highest BCUT2D eigenvalue weighted by Gasteiger charge is 2.18. The van der Waals surface area contributed by atoms with Crippen molar-refractivity contribution >= 4 is 29.1 Å². The van der Waals surface area contributed by atoms with Gasteiger partial charge in [0.2, 0.25) is 0 Å². The zero-order valence-corrected chi connectivity index (χ0v) is 11.4. The molecule has 2 aromatic rings. The van der Waals surface area contributed by atoms with E-state index in [0.717, 1.165) is 30.3 Å². The van der Waals surface area contributed by atoms with E-state index in [1.54, 1.807) is 0 Å². The third kappa shape index (κ3) is 3.67. The number of halogens is 3. The molecule has 0 saturated heterocycles. The fraction of sp³-hybridized carbons (Fsp3) is 0. The van der Waals surface area contributed by atoms with E-state index in [9.17, 15) is 23.7 Å². The molecule has 114 valence electrons. The molecule has 0 atom stereocenters. The van der Waals surface area contributed by atoms with Crippen LogP contribution in [0.5, 0.6) is 5.75 Å². The lowest BCUT2D eigenvalue weighted by atomic mass is 10.2. The van der Waals surface area contributed by atoms with Gasteiger partial charge in [-0.2, -0.15) is 0 Å². The molecule has 0 radical (unpaired) electrons. The minimum Gasteiger partial charge on any atom is -0.408 e. The maximum atomic E-state index is 13.0. The highest BCUT2D eigenvalue weighted by Crippen LogP contribution is 2.27. The third-order valence-corrected chi connectivity index (χ3v) is 2.79. The van der Waals surface area contributed by atoms with Crippen LogP contribution >= 0.6 is 11.6 Å². The Morgan fingerprint density at radius 2 is 1.82 bits per heavy atom. The van der Waals surface area contributed by atoms with Crippen molar-refractivity contribution in [1.82, 2.24) is 0 Å². The van der Waals surface area contributed by atoms with Gasteiger partial charge in [0, 0.05) is 0 Å². The molecule has 1 amide bonds. The highest BCUT2D eigenvalue weighted by atomic mass is 35.5. The van der Waals surface area contributed by atoms with Gasteiger partial charge in [-0.15, -0.1) is 0 Å². The first-order chi connectivity index (χ1) is 10.4. The zero-order valence-electron chi connectivity index (χ0n) is 10.7. The smallest absolute Gasteiger partial charge is 0.408 e. The molecule has 0 saturated carbocycles. The number of amides is 1. The van der Waals surface area contributed by atoms with Crippen molar-refractivity contribution in [2.24, 2.45) is 0 Å². The first-order valence-electron chi connectivity index (χ1n) is 5.74. The molecule has 0 aliphatic rings. The summed E-state index contributed by atoms with van der Waals surface area (Å²) in [6, 6.07) is 5.69. The molecule has 2 rings (SSSR count). The number of nitro benzene ring substituents is 1. The Labute approximate surface area is 127 Å². The molecule has 0 spiro atoms. The molecule has 2 aromatic carbocycles. The van der Waals surface area contributed by atoms with Gasteiger partial charge in [0.15, 0.2) is 5.75 Å². The van der Waals surface area contributed by atoms with Gasteiger partial charge in [-0.25, -0.2) is 13.6 Å². The standard InChI is InChI=1S/C13H7ClF2N2O4/c14-9-5-7(15)2-4-12(9)22-13(19)17-10-3-1-8(16)6-11(10)18(20)21/h1-6H,(H,17,19). The van der Waals surface area contributed by atoms with Gasteiger partial charge in [0.05, 0.1) is 16.0 Å². The summed E-state index contributed by atoms with van der Waals surface area (Å²) < 4.78 is 30.6. The Morgan fingerprint density at radius 3 is 2.45 bits per heavy atom. The first kappa shape index (κ1) is 15.6. The highest BCUT2D eigenvalue weighted by molar-refractivity contribution is 6.32. The minimum absolute atomic E-state index is 0.134. The van der Waals surface area contributed by atoms with Gasteiger partial charge >= 0.3 is 6.09 Å². The summed E-state index contributed by atoms with van der Waals surface area (Å²) in [7, 11) is 0.